The van der Waals surface area contributed by atoms with Gasteiger partial charge in [-0.05, 0) is 48.9 Å². The molecule has 2 atom stereocenters. The first-order valence-electron chi connectivity index (χ1n) is 8.69. The van der Waals surface area contributed by atoms with Crippen LogP contribution in [0.15, 0.2) is 23.1 Å². The summed E-state index contributed by atoms with van der Waals surface area (Å²) in [5.74, 6) is -1.83. The van der Waals surface area contributed by atoms with Crippen molar-refractivity contribution in [3.05, 3.63) is 29.6 Å². The number of aryl methyl sites for hydroxylation is 1. The molecule has 1 saturated heterocycles. The molecule has 0 aromatic heterocycles. The first-order valence-corrected chi connectivity index (χ1v) is 10.1. The van der Waals surface area contributed by atoms with Gasteiger partial charge in [-0.15, -0.1) is 0 Å². The molecule has 8 heteroatoms. The maximum absolute atomic E-state index is 14.0. The van der Waals surface area contributed by atoms with Crippen LogP contribution in [0.2, 0.25) is 0 Å². The molecule has 146 valence electrons. The lowest BCUT2D eigenvalue weighted by Gasteiger charge is -2.17. The van der Waals surface area contributed by atoms with Gasteiger partial charge in [0.15, 0.2) is 0 Å². The quantitative estimate of drug-likeness (QED) is 0.624. The number of rotatable bonds is 10. The Hall–Kier alpha value is -1.51. The van der Waals surface area contributed by atoms with E-state index in [9.17, 15) is 22.7 Å². The standard InChI is InChI=1S/C18H26FNO5S/c1-12(2)6-14(18(21)22)5-4-13-7-15(19)9-17(8-13)26(23,24)20(3)10-16-11-25-16/h7-9,12,14,16H,4-6,10-11H2,1-3H3,(H,21,22). The monoisotopic (exact) mass is 387 g/mol. The Morgan fingerprint density at radius 3 is 2.58 bits per heavy atom. The minimum absolute atomic E-state index is 0.102. The van der Waals surface area contributed by atoms with Crippen molar-refractivity contribution in [2.75, 3.05) is 20.2 Å². The molecule has 1 aliphatic heterocycles. The summed E-state index contributed by atoms with van der Waals surface area (Å²) in [7, 11) is -2.38. The third-order valence-corrected chi connectivity index (χ3v) is 6.19. The van der Waals surface area contributed by atoms with Crippen molar-refractivity contribution in [1.29, 1.82) is 0 Å². The minimum atomic E-state index is -3.82. The first kappa shape index (κ1) is 20.8. The van der Waals surface area contributed by atoms with Crippen LogP contribution in [0.3, 0.4) is 0 Å². The van der Waals surface area contributed by atoms with E-state index < -0.39 is 27.7 Å². The minimum Gasteiger partial charge on any atom is -0.481 e. The van der Waals surface area contributed by atoms with Gasteiger partial charge in [0.1, 0.15) is 5.82 Å². The van der Waals surface area contributed by atoms with Gasteiger partial charge in [-0.25, -0.2) is 12.8 Å². The lowest BCUT2D eigenvalue weighted by Crippen LogP contribution is -2.30. The summed E-state index contributed by atoms with van der Waals surface area (Å²) in [5.41, 5.74) is 0.481. The smallest absolute Gasteiger partial charge is 0.306 e. The number of nitrogens with zero attached hydrogens (tertiary/aromatic N) is 1. The second kappa shape index (κ2) is 8.45. The molecule has 1 fully saturated rings. The van der Waals surface area contributed by atoms with Gasteiger partial charge in [0, 0.05) is 13.6 Å². The van der Waals surface area contributed by atoms with E-state index in [0.717, 1.165) is 10.4 Å². The van der Waals surface area contributed by atoms with Gasteiger partial charge >= 0.3 is 5.97 Å². The van der Waals surface area contributed by atoms with Crippen molar-refractivity contribution in [2.45, 2.75) is 44.1 Å². The van der Waals surface area contributed by atoms with Crippen LogP contribution in [0.1, 0.15) is 32.3 Å². The molecule has 0 radical (unpaired) electrons. The molecule has 2 unspecified atom stereocenters. The molecule has 0 amide bonds. The molecule has 1 N–H and O–H groups in total. The summed E-state index contributed by atoms with van der Waals surface area (Å²) in [6, 6.07) is 3.68. The summed E-state index contributed by atoms with van der Waals surface area (Å²) in [6.45, 7) is 4.65. The number of hydrogen-bond acceptors (Lipinski definition) is 4. The highest BCUT2D eigenvalue weighted by atomic mass is 32.2. The number of halogens is 1. The second-order valence-electron chi connectivity index (χ2n) is 7.24. The van der Waals surface area contributed by atoms with Gasteiger partial charge in [0.2, 0.25) is 10.0 Å². The van der Waals surface area contributed by atoms with Crippen molar-refractivity contribution >= 4 is 16.0 Å². The van der Waals surface area contributed by atoms with E-state index in [1.54, 1.807) is 0 Å². The van der Waals surface area contributed by atoms with E-state index in [1.165, 1.54) is 19.2 Å². The average molecular weight is 387 g/mol. The normalized spacial score (nSPS) is 18.3. The second-order valence-corrected chi connectivity index (χ2v) is 9.28. The molecule has 0 aliphatic carbocycles. The number of benzene rings is 1. The number of likely N-dealkylation sites (N-methyl/N-ethyl adjacent to an activating group) is 1. The van der Waals surface area contributed by atoms with E-state index in [2.05, 4.69) is 0 Å². The Balaban J connectivity index is 2.14. The number of epoxide rings is 1. The molecular weight excluding hydrogens is 361 g/mol. The number of hydrogen-bond donors (Lipinski definition) is 1. The zero-order chi connectivity index (χ0) is 19.5. The van der Waals surface area contributed by atoms with Crippen molar-refractivity contribution in [1.82, 2.24) is 4.31 Å². The predicted molar refractivity (Wildman–Crippen MR) is 94.9 cm³/mol. The molecule has 1 aliphatic rings. The predicted octanol–water partition coefficient (Wildman–Crippen LogP) is 2.52. The lowest BCUT2D eigenvalue weighted by molar-refractivity contribution is -0.142. The number of carbonyl (C=O) groups is 1. The summed E-state index contributed by atoms with van der Waals surface area (Å²) in [4.78, 5) is 11.2. The van der Waals surface area contributed by atoms with E-state index in [-0.39, 0.29) is 23.5 Å². The third-order valence-electron chi connectivity index (χ3n) is 4.39. The van der Waals surface area contributed by atoms with Gasteiger partial charge in [-0.1, -0.05) is 13.8 Å². The van der Waals surface area contributed by atoms with E-state index in [0.29, 0.717) is 31.4 Å². The Kier molecular flexibility index (Phi) is 6.76. The van der Waals surface area contributed by atoms with Crippen LogP contribution in [-0.2, 0) is 26.0 Å². The number of aliphatic carboxylic acids is 1. The Morgan fingerprint density at radius 2 is 2.04 bits per heavy atom. The van der Waals surface area contributed by atoms with E-state index in [1.807, 2.05) is 13.8 Å². The van der Waals surface area contributed by atoms with Crippen LogP contribution >= 0.6 is 0 Å². The van der Waals surface area contributed by atoms with Crippen LogP contribution in [0.5, 0.6) is 0 Å². The van der Waals surface area contributed by atoms with Crippen molar-refractivity contribution in [3.63, 3.8) is 0 Å². The SMILES string of the molecule is CC(C)CC(CCc1cc(F)cc(S(=O)(=O)N(C)CC2CO2)c1)C(=O)O. The fourth-order valence-corrected chi connectivity index (χ4v) is 4.19. The van der Waals surface area contributed by atoms with Crippen molar-refractivity contribution in [3.8, 4) is 0 Å². The largest absolute Gasteiger partial charge is 0.481 e. The van der Waals surface area contributed by atoms with Gasteiger partial charge in [0.05, 0.1) is 23.5 Å². The molecule has 1 aromatic carbocycles. The molecule has 0 spiro atoms. The highest BCUT2D eigenvalue weighted by molar-refractivity contribution is 7.89. The number of carboxylic acids is 1. The van der Waals surface area contributed by atoms with Crippen LogP contribution in [-0.4, -0.2) is 50.1 Å². The van der Waals surface area contributed by atoms with E-state index in [4.69, 9.17) is 4.74 Å². The molecule has 26 heavy (non-hydrogen) atoms. The summed E-state index contributed by atoms with van der Waals surface area (Å²) in [5, 5.41) is 9.31. The number of sulfonamides is 1. The maximum Gasteiger partial charge on any atom is 0.306 e. The molecule has 6 nitrogen and oxygen atoms in total. The van der Waals surface area contributed by atoms with Gasteiger partial charge < -0.3 is 9.84 Å². The fourth-order valence-electron chi connectivity index (χ4n) is 2.90. The Labute approximate surface area is 154 Å². The van der Waals surface area contributed by atoms with Gasteiger partial charge in [-0.2, -0.15) is 4.31 Å². The topological polar surface area (TPSA) is 87.2 Å². The number of carboxylic acid groups (broad SMARTS) is 1. The maximum atomic E-state index is 14.0. The van der Waals surface area contributed by atoms with Crippen molar-refractivity contribution in [2.24, 2.45) is 11.8 Å². The first-order chi connectivity index (χ1) is 12.1. The molecule has 1 heterocycles. The lowest BCUT2D eigenvalue weighted by atomic mass is 9.91. The summed E-state index contributed by atoms with van der Waals surface area (Å²) < 4.78 is 45.4. The molecule has 2 rings (SSSR count). The van der Waals surface area contributed by atoms with Crippen LogP contribution in [0.25, 0.3) is 0 Å². The molecule has 0 bridgehead atoms. The zero-order valence-corrected chi connectivity index (χ0v) is 16.1. The zero-order valence-electron chi connectivity index (χ0n) is 15.3. The summed E-state index contributed by atoms with van der Waals surface area (Å²) >= 11 is 0. The highest BCUT2D eigenvalue weighted by Crippen LogP contribution is 2.23. The third kappa shape index (κ3) is 5.75. The summed E-state index contributed by atoms with van der Waals surface area (Å²) in [6.07, 6.45) is 1.07. The Bertz CT molecular complexity index is 746. The highest BCUT2D eigenvalue weighted by Gasteiger charge is 2.30. The fraction of sp³-hybridized carbons (Fsp3) is 0.611. The number of ether oxygens (including phenoxy) is 1. The van der Waals surface area contributed by atoms with Gasteiger partial charge in [-0.3, -0.25) is 4.79 Å². The molecule has 0 saturated carbocycles. The molecular formula is C18H26FNO5S. The van der Waals surface area contributed by atoms with E-state index >= 15 is 0 Å². The molecule has 1 aromatic rings. The van der Waals surface area contributed by atoms with Crippen LogP contribution < -0.4 is 0 Å². The van der Waals surface area contributed by atoms with Crippen LogP contribution in [0, 0.1) is 17.7 Å². The van der Waals surface area contributed by atoms with Crippen molar-refractivity contribution < 1.29 is 27.4 Å². The van der Waals surface area contributed by atoms with Crippen LogP contribution in [0.4, 0.5) is 4.39 Å². The van der Waals surface area contributed by atoms with Gasteiger partial charge in [0.25, 0.3) is 0 Å². The average Bonchev–Trinajstić information content (AvgIpc) is 3.34. The Morgan fingerprint density at radius 1 is 1.38 bits per heavy atom.